The van der Waals surface area contributed by atoms with Gasteiger partial charge in [-0.2, -0.15) is 0 Å². The molecule has 0 aliphatic rings. The molecular formula is C17H28N4O9. The molecule has 0 aromatic carbocycles. The zero-order chi connectivity index (χ0) is 23.4. The summed E-state index contributed by atoms with van der Waals surface area (Å²) in [5.41, 5.74) is 5.67. The number of nitrogens with one attached hydrogen (secondary N) is 3. The van der Waals surface area contributed by atoms with Gasteiger partial charge in [-0.15, -0.1) is 0 Å². The number of carbonyl (C=O) groups excluding carboxylic acids is 3. The third kappa shape index (κ3) is 11.6. The largest absolute Gasteiger partial charge is 0.481 e. The maximum absolute atomic E-state index is 12.2. The molecule has 3 atom stereocenters. The van der Waals surface area contributed by atoms with Gasteiger partial charge in [0.15, 0.2) is 0 Å². The van der Waals surface area contributed by atoms with Crippen molar-refractivity contribution in [3.63, 3.8) is 0 Å². The maximum atomic E-state index is 12.2. The van der Waals surface area contributed by atoms with Crippen LogP contribution in [0.25, 0.3) is 0 Å². The van der Waals surface area contributed by atoms with Gasteiger partial charge in [-0.05, 0) is 18.8 Å². The number of nitrogens with two attached hydrogens (primary N) is 1. The predicted molar refractivity (Wildman–Crippen MR) is 101 cm³/mol. The lowest BCUT2D eigenvalue weighted by Crippen LogP contribution is -2.54. The molecule has 0 rings (SSSR count). The van der Waals surface area contributed by atoms with E-state index in [1.807, 2.05) is 19.2 Å². The molecule has 0 aliphatic carbocycles. The summed E-state index contributed by atoms with van der Waals surface area (Å²) in [6.07, 6.45) is -1.46. The van der Waals surface area contributed by atoms with Crippen LogP contribution in [-0.4, -0.2) is 75.6 Å². The Hall–Kier alpha value is -3.22. The van der Waals surface area contributed by atoms with E-state index in [0.717, 1.165) is 0 Å². The number of rotatable bonds is 14. The molecule has 0 fully saturated rings. The van der Waals surface area contributed by atoms with Crippen LogP contribution < -0.4 is 21.7 Å². The van der Waals surface area contributed by atoms with E-state index in [1.165, 1.54) is 0 Å². The molecular weight excluding hydrogens is 404 g/mol. The molecule has 13 heteroatoms. The lowest BCUT2D eigenvalue weighted by Gasteiger charge is -2.20. The van der Waals surface area contributed by atoms with Crippen LogP contribution >= 0.6 is 0 Å². The van der Waals surface area contributed by atoms with E-state index < -0.39 is 79.6 Å². The van der Waals surface area contributed by atoms with Crippen molar-refractivity contribution in [1.29, 1.82) is 0 Å². The summed E-state index contributed by atoms with van der Waals surface area (Å²) in [6, 6.07) is -4.07. The van der Waals surface area contributed by atoms with Gasteiger partial charge in [0.1, 0.15) is 12.1 Å². The molecule has 3 amide bonds. The molecule has 0 radical (unpaired) electrons. The van der Waals surface area contributed by atoms with Crippen molar-refractivity contribution in [3.8, 4) is 0 Å². The first-order chi connectivity index (χ1) is 13.8. The highest BCUT2D eigenvalue weighted by molar-refractivity contribution is 5.94. The van der Waals surface area contributed by atoms with Crippen molar-refractivity contribution >= 4 is 35.6 Å². The first-order valence-corrected chi connectivity index (χ1v) is 9.12. The number of aliphatic carboxylic acids is 3. The van der Waals surface area contributed by atoms with Gasteiger partial charge in [-0.3, -0.25) is 24.0 Å². The highest BCUT2D eigenvalue weighted by Gasteiger charge is 2.28. The first kappa shape index (κ1) is 26.8. The second kappa shape index (κ2) is 13.1. The van der Waals surface area contributed by atoms with Crippen LogP contribution in [0, 0.1) is 5.92 Å². The monoisotopic (exact) mass is 432 g/mol. The van der Waals surface area contributed by atoms with Gasteiger partial charge < -0.3 is 37.0 Å². The molecule has 0 saturated heterocycles. The third-order valence-corrected chi connectivity index (χ3v) is 3.78. The molecule has 13 nitrogen and oxygen atoms in total. The third-order valence-electron chi connectivity index (χ3n) is 3.78. The van der Waals surface area contributed by atoms with E-state index in [2.05, 4.69) is 10.6 Å². The van der Waals surface area contributed by atoms with Gasteiger partial charge in [0.05, 0.1) is 19.0 Å². The maximum Gasteiger partial charge on any atom is 0.326 e. The lowest BCUT2D eigenvalue weighted by molar-refractivity contribution is -0.144. The Bertz CT molecular complexity index is 666. The predicted octanol–water partition coefficient (Wildman–Crippen LogP) is -2.13. The Morgan fingerprint density at radius 2 is 1.47 bits per heavy atom. The summed E-state index contributed by atoms with van der Waals surface area (Å²) < 4.78 is 0. The quantitative estimate of drug-likeness (QED) is 0.158. The van der Waals surface area contributed by atoms with Gasteiger partial charge >= 0.3 is 17.9 Å². The van der Waals surface area contributed by atoms with Gasteiger partial charge in [0.2, 0.25) is 17.7 Å². The molecule has 8 N–H and O–H groups in total. The number of carboxylic acid groups (broad SMARTS) is 3. The van der Waals surface area contributed by atoms with Crippen molar-refractivity contribution < 1.29 is 44.1 Å². The average Bonchev–Trinajstić information content (AvgIpc) is 2.60. The highest BCUT2D eigenvalue weighted by atomic mass is 16.4. The Kier molecular flexibility index (Phi) is 11.7. The van der Waals surface area contributed by atoms with Crippen LogP contribution in [0.4, 0.5) is 0 Å². The molecule has 170 valence electrons. The van der Waals surface area contributed by atoms with Crippen LogP contribution in [0.5, 0.6) is 0 Å². The summed E-state index contributed by atoms with van der Waals surface area (Å²) >= 11 is 0. The first-order valence-electron chi connectivity index (χ1n) is 9.12. The summed E-state index contributed by atoms with van der Waals surface area (Å²) in [5, 5.41) is 33.0. The number of amides is 3. The number of hydrogen-bond donors (Lipinski definition) is 7. The second-order valence-corrected chi connectivity index (χ2v) is 7.00. The summed E-state index contributed by atoms with van der Waals surface area (Å²) in [6.45, 7) is 3.14. The zero-order valence-electron chi connectivity index (χ0n) is 16.7. The van der Waals surface area contributed by atoms with Crippen LogP contribution in [0.15, 0.2) is 0 Å². The van der Waals surface area contributed by atoms with Crippen LogP contribution in [-0.2, 0) is 28.8 Å². The molecule has 0 aromatic rings. The van der Waals surface area contributed by atoms with Crippen molar-refractivity contribution in [1.82, 2.24) is 16.0 Å². The van der Waals surface area contributed by atoms with E-state index in [4.69, 9.17) is 21.1 Å². The van der Waals surface area contributed by atoms with E-state index in [0.29, 0.717) is 6.42 Å². The van der Waals surface area contributed by atoms with E-state index in [-0.39, 0.29) is 5.92 Å². The normalized spacial score (nSPS) is 13.6. The number of carboxylic acids is 3. The highest BCUT2D eigenvalue weighted by Crippen LogP contribution is 2.03. The molecule has 30 heavy (non-hydrogen) atoms. The molecule has 0 saturated carbocycles. The van der Waals surface area contributed by atoms with E-state index >= 15 is 0 Å². The Balaban J connectivity index is 4.93. The van der Waals surface area contributed by atoms with Crippen LogP contribution in [0.2, 0.25) is 0 Å². The minimum absolute atomic E-state index is 0.145. The molecule has 3 unspecified atom stereocenters. The summed E-state index contributed by atoms with van der Waals surface area (Å²) in [7, 11) is 0. The minimum Gasteiger partial charge on any atom is -0.481 e. The fraction of sp³-hybridized carbons (Fsp3) is 0.647. The van der Waals surface area contributed by atoms with Gasteiger partial charge in [-0.1, -0.05) is 13.8 Å². The summed E-state index contributed by atoms with van der Waals surface area (Å²) in [4.78, 5) is 68.8. The summed E-state index contributed by atoms with van der Waals surface area (Å²) in [5.74, 6) is -6.71. The van der Waals surface area contributed by atoms with Gasteiger partial charge in [0.25, 0.3) is 0 Å². The smallest absolute Gasteiger partial charge is 0.326 e. The number of hydrogen-bond acceptors (Lipinski definition) is 7. The molecule has 0 heterocycles. The van der Waals surface area contributed by atoms with Crippen molar-refractivity contribution in [3.05, 3.63) is 0 Å². The van der Waals surface area contributed by atoms with E-state index in [9.17, 15) is 28.8 Å². The SMILES string of the molecule is CC(C)CC(N)C(=O)NCC(=O)NC(CC(=O)O)C(=O)NC(CCC(=O)O)C(=O)O. The van der Waals surface area contributed by atoms with Crippen LogP contribution in [0.3, 0.4) is 0 Å². The fourth-order valence-electron chi connectivity index (χ4n) is 2.34. The average molecular weight is 432 g/mol. The minimum atomic E-state index is -1.64. The topological polar surface area (TPSA) is 225 Å². The van der Waals surface area contributed by atoms with Gasteiger partial charge in [0, 0.05) is 6.42 Å². The zero-order valence-corrected chi connectivity index (χ0v) is 16.7. The molecule has 0 aliphatic heterocycles. The van der Waals surface area contributed by atoms with E-state index in [1.54, 1.807) is 0 Å². The van der Waals surface area contributed by atoms with Gasteiger partial charge in [-0.25, -0.2) is 4.79 Å². The standard InChI is InChI=1S/C17H28N4O9/c1-8(2)5-9(18)15(27)19-7-12(22)20-11(6-14(25)26)16(28)21-10(17(29)30)3-4-13(23)24/h8-11H,3-7,18H2,1-2H3,(H,19,27)(H,20,22)(H,21,28)(H,23,24)(H,25,26)(H,29,30). The fourth-order valence-corrected chi connectivity index (χ4v) is 2.34. The number of carbonyl (C=O) groups is 6. The second-order valence-electron chi connectivity index (χ2n) is 7.00. The van der Waals surface area contributed by atoms with Crippen molar-refractivity contribution in [2.24, 2.45) is 11.7 Å². The molecule has 0 aromatic heterocycles. The molecule has 0 bridgehead atoms. The molecule has 0 spiro atoms. The Morgan fingerprint density at radius 1 is 0.867 bits per heavy atom. The lowest BCUT2D eigenvalue weighted by atomic mass is 10.0. The Labute approximate surface area is 172 Å². The van der Waals surface area contributed by atoms with Crippen LogP contribution in [0.1, 0.15) is 39.5 Å². The van der Waals surface area contributed by atoms with Crippen molar-refractivity contribution in [2.75, 3.05) is 6.54 Å². The Morgan fingerprint density at radius 3 is 1.93 bits per heavy atom. The van der Waals surface area contributed by atoms with Crippen molar-refractivity contribution in [2.45, 2.75) is 57.7 Å².